The molecule has 2 heteroatoms. The summed E-state index contributed by atoms with van der Waals surface area (Å²) >= 11 is 0. The Kier molecular flexibility index (Phi) is 4.90. The topological polar surface area (TPSA) is 32.3 Å². The molecule has 0 aliphatic heterocycles. The second kappa shape index (κ2) is 5.72. The normalized spacial score (nSPS) is 30.6. The van der Waals surface area contributed by atoms with Gasteiger partial charge in [-0.3, -0.25) is 0 Å². The number of hydrogen-bond donors (Lipinski definition) is 2. The molecule has 2 N–H and O–H groups in total. The zero-order valence-electron chi connectivity index (χ0n) is 9.79. The Labute approximate surface area is 88.1 Å². The molecule has 0 aromatic carbocycles. The first-order valence-corrected chi connectivity index (χ1v) is 6.00. The van der Waals surface area contributed by atoms with E-state index < -0.39 is 0 Å². The molecule has 84 valence electrons. The Balaban J connectivity index is 2.42. The second-order valence-corrected chi connectivity index (χ2v) is 5.14. The molecule has 1 saturated carbocycles. The highest BCUT2D eigenvalue weighted by atomic mass is 16.3. The zero-order valence-corrected chi connectivity index (χ0v) is 9.79. The molecule has 0 radical (unpaired) electrons. The summed E-state index contributed by atoms with van der Waals surface area (Å²) in [5, 5.41) is 12.8. The van der Waals surface area contributed by atoms with Gasteiger partial charge in [-0.25, -0.2) is 0 Å². The molecule has 1 aliphatic carbocycles. The van der Waals surface area contributed by atoms with Crippen molar-refractivity contribution < 1.29 is 5.11 Å². The van der Waals surface area contributed by atoms with Gasteiger partial charge in [0.25, 0.3) is 0 Å². The average molecular weight is 199 g/mol. The number of aliphatic hydroxyl groups excluding tert-OH is 1. The molecule has 0 bridgehead atoms. The van der Waals surface area contributed by atoms with Gasteiger partial charge in [0.15, 0.2) is 0 Å². The SMILES string of the molecule is CC1CCCC(C(CO)NC(C)C)C1. The zero-order chi connectivity index (χ0) is 10.6. The van der Waals surface area contributed by atoms with E-state index in [2.05, 4.69) is 26.1 Å². The van der Waals surface area contributed by atoms with E-state index >= 15 is 0 Å². The monoisotopic (exact) mass is 199 g/mol. The molecular weight excluding hydrogens is 174 g/mol. The smallest absolute Gasteiger partial charge is 0.0587 e. The molecule has 1 fully saturated rings. The average Bonchev–Trinajstić information content (AvgIpc) is 2.14. The van der Waals surface area contributed by atoms with Crippen molar-refractivity contribution in [3.05, 3.63) is 0 Å². The Hall–Kier alpha value is -0.0800. The minimum Gasteiger partial charge on any atom is -0.395 e. The van der Waals surface area contributed by atoms with Crippen LogP contribution in [0, 0.1) is 11.8 Å². The van der Waals surface area contributed by atoms with Crippen molar-refractivity contribution in [2.24, 2.45) is 11.8 Å². The Morgan fingerprint density at radius 2 is 2.07 bits per heavy atom. The van der Waals surface area contributed by atoms with E-state index in [1.807, 2.05) is 0 Å². The number of rotatable bonds is 4. The van der Waals surface area contributed by atoms with E-state index in [0.29, 0.717) is 18.0 Å². The summed E-state index contributed by atoms with van der Waals surface area (Å²) in [7, 11) is 0. The van der Waals surface area contributed by atoms with Crippen LogP contribution in [0.2, 0.25) is 0 Å². The first kappa shape index (κ1) is 12.0. The lowest BCUT2D eigenvalue weighted by Crippen LogP contribution is -2.44. The molecule has 0 amide bonds. The molecule has 14 heavy (non-hydrogen) atoms. The summed E-state index contributed by atoms with van der Waals surface area (Å²) in [4.78, 5) is 0. The fourth-order valence-electron chi connectivity index (χ4n) is 2.61. The molecule has 0 heterocycles. The minimum atomic E-state index is 0.287. The quantitative estimate of drug-likeness (QED) is 0.727. The van der Waals surface area contributed by atoms with Gasteiger partial charge in [0.1, 0.15) is 0 Å². The third kappa shape index (κ3) is 3.58. The van der Waals surface area contributed by atoms with Crippen molar-refractivity contribution in [3.8, 4) is 0 Å². The number of aliphatic hydroxyl groups is 1. The molecule has 3 atom stereocenters. The third-order valence-corrected chi connectivity index (χ3v) is 3.29. The summed E-state index contributed by atoms with van der Waals surface area (Å²) < 4.78 is 0. The van der Waals surface area contributed by atoms with Gasteiger partial charge in [-0.15, -0.1) is 0 Å². The van der Waals surface area contributed by atoms with Crippen molar-refractivity contribution >= 4 is 0 Å². The van der Waals surface area contributed by atoms with Crippen molar-refractivity contribution in [1.82, 2.24) is 5.32 Å². The van der Waals surface area contributed by atoms with Crippen LogP contribution in [0.4, 0.5) is 0 Å². The Bertz CT molecular complexity index is 156. The molecule has 3 unspecified atom stereocenters. The van der Waals surface area contributed by atoms with Gasteiger partial charge < -0.3 is 10.4 Å². The summed E-state index contributed by atoms with van der Waals surface area (Å²) in [5.74, 6) is 1.53. The van der Waals surface area contributed by atoms with Crippen LogP contribution in [0.15, 0.2) is 0 Å². The fraction of sp³-hybridized carbons (Fsp3) is 1.00. The predicted molar refractivity (Wildman–Crippen MR) is 60.3 cm³/mol. The summed E-state index contributed by atoms with van der Waals surface area (Å²) in [6, 6.07) is 0.794. The van der Waals surface area contributed by atoms with Gasteiger partial charge in [0.2, 0.25) is 0 Å². The molecule has 0 aromatic heterocycles. The fourth-order valence-corrected chi connectivity index (χ4v) is 2.61. The Morgan fingerprint density at radius 1 is 1.36 bits per heavy atom. The largest absolute Gasteiger partial charge is 0.395 e. The maximum atomic E-state index is 9.35. The first-order chi connectivity index (χ1) is 6.63. The van der Waals surface area contributed by atoms with Crippen molar-refractivity contribution in [2.45, 2.75) is 58.5 Å². The van der Waals surface area contributed by atoms with E-state index in [1.54, 1.807) is 0 Å². The molecule has 1 aliphatic rings. The lowest BCUT2D eigenvalue weighted by atomic mass is 9.78. The van der Waals surface area contributed by atoms with Crippen LogP contribution in [0.5, 0.6) is 0 Å². The second-order valence-electron chi connectivity index (χ2n) is 5.14. The molecule has 1 rings (SSSR count). The number of nitrogens with one attached hydrogen (secondary N) is 1. The maximum Gasteiger partial charge on any atom is 0.0587 e. The highest BCUT2D eigenvalue weighted by molar-refractivity contribution is 4.81. The lowest BCUT2D eigenvalue weighted by Gasteiger charge is -2.34. The van der Waals surface area contributed by atoms with E-state index in [4.69, 9.17) is 0 Å². The van der Waals surface area contributed by atoms with Crippen LogP contribution in [-0.4, -0.2) is 23.8 Å². The first-order valence-electron chi connectivity index (χ1n) is 6.00. The maximum absolute atomic E-state index is 9.35. The van der Waals surface area contributed by atoms with Gasteiger partial charge in [-0.05, 0) is 24.7 Å². The summed E-state index contributed by atoms with van der Waals surface area (Å²) in [5.41, 5.74) is 0. The van der Waals surface area contributed by atoms with Crippen molar-refractivity contribution in [1.29, 1.82) is 0 Å². The van der Waals surface area contributed by atoms with Crippen LogP contribution in [0.3, 0.4) is 0 Å². The summed E-state index contributed by atoms with van der Waals surface area (Å²) in [6.07, 6.45) is 5.28. The van der Waals surface area contributed by atoms with E-state index in [9.17, 15) is 5.11 Å². The predicted octanol–water partition coefficient (Wildman–Crippen LogP) is 2.17. The highest BCUT2D eigenvalue weighted by Crippen LogP contribution is 2.30. The molecule has 0 aromatic rings. The third-order valence-electron chi connectivity index (χ3n) is 3.29. The van der Waals surface area contributed by atoms with Gasteiger partial charge in [-0.1, -0.05) is 33.6 Å². The van der Waals surface area contributed by atoms with Crippen LogP contribution < -0.4 is 5.32 Å². The van der Waals surface area contributed by atoms with Gasteiger partial charge in [-0.2, -0.15) is 0 Å². The lowest BCUT2D eigenvalue weighted by molar-refractivity contribution is 0.147. The van der Waals surface area contributed by atoms with Crippen LogP contribution in [0.25, 0.3) is 0 Å². The van der Waals surface area contributed by atoms with Crippen molar-refractivity contribution in [2.75, 3.05) is 6.61 Å². The number of hydrogen-bond acceptors (Lipinski definition) is 2. The minimum absolute atomic E-state index is 0.287. The Morgan fingerprint density at radius 3 is 2.57 bits per heavy atom. The highest BCUT2D eigenvalue weighted by Gasteiger charge is 2.26. The molecule has 0 saturated heterocycles. The summed E-state index contributed by atoms with van der Waals surface area (Å²) in [6.45, 7) is 6.91. The van der Waals surface area contributed by atoms with Gasteiger partial charge in [0.05, 0.1) is 6.61 Å². The van der Waals surface area contributed by atoms with Crippen molar-refractivity contribution in [3.63, 3.8) is 0 Å². The van der Waals surface area contributed by atoms with Gasteiger partial charge in [0, 0.05) is 12.1 Å². The van der Waals surface area contributed by atoms with E-state index in [-0.39, 0.29) is 6.61 Å². The van der Waals surface area contributed by atoms with E-state index in [0.717, 1.165) is 5.92 Å². The van der Waals surface area contributed by atoms with E-state index in [1.165, 1.54) is 25.7 Å². The molecule has 0 spiro atoms. The molecular formula is C12H25NO. The van der Waals surface area contributed by atoms with Gasteiger partial charge >= 0.3 is 0 Å². The standard InChI is InChI=1S/C12H25NO/c1-9(2)13-12(8-14)11-6-4-5-10(3)7-11/h9-14H,4-8H2,1-3H3. The van der Waals surface area contributed by atoms with Crippen LogP contribution in [0.1, 0.15) is 46.5 Å². The van der Waals surface area contributed by atoms with Crippen LogP contribution >= 0.6 is 0 Å². The van der Waals surface area contributed by atoms with Crippen LogP contribution in [-0.2, 0) is 0 Å². The molecule has 2 nitrogen and oxygen atoms in total.